The highest BCUT2D eigenvalue weighted by molar-refractivity contribution is 5.16. The van der Waals surface area contributed by atoms with Crippen molar-refractivity contribution in [1.82, 2.24) is 10.2 Å². The molecule has 0 saturated carbocycles. The lowest BCUT2D eigenvalue weighted by atomic mass is 9.94. The summed E-state index contributed by atoms with van der Waals surface area (Å²) in [4.78, 5) is 2.69. The van der Waals surface area contributed by atoms with Crippen molar-refractivity contribution >= 4 is 0 Å². The van der Waals surface area contributed by atoms with Crippen LogP contribution in [0.4, 0.5) is 0 Å². The average Bonchev–Trinajstić information content (AvgIpc) is 2.43. The molecule has 21 heavy (non-hydrogen) atoms. The molecule has 2 rings (SSSR count). The molecule has 2 nitrogen and oxygen atoms in total. The molecule has 0 spiro atoms. The Morgan fingerprint density at radius 2 is 1.95 bits per heavy atom. The molecule has 0 amide bonds. The van der Waals surface area contributed by atoms with Crippen molar-refractivity contribution < 1.29 is 0 Å². The molecule has 1 N–H and O–H groups in total. The lowest BCUT2D eigenvalue weighted by Crippen LogP contribution is -2.62. The first-order valence-corrected chi connectivity index (χ1v) is 8.50. The predicted octanol–water partition coefficient (Wildman–Crippen LogP) is 3.72. The minimum Gasteiger partial charge on any atom is -0.311 e. The van der Waals surface area contributed by atoms with Gasteiger partial charge in [-0.15, -0.1) is 0 Å². The van der Waals surface area contributed by atoms with Gasteiger partial charge in [0.15, 0.2) is 0 Å². The normalized spacial score (nSPS) is 22.6. The summed E-state index contributed by atoms with van der Waals surface area (Å²) in [6.07, 6.45) is 3.79. The van der Waals surface area contributed by atoms with E-state index in [4.69, 9.17) is 0 Å². The lowest BCUT2D eigenvalue weighted by Gasteiger charge is -2.46. The van der Waals surface area contributed by atoms with Gasteiger partial charge in [0.1, 0.15) is 0 Å². The van der Waals surface area contributed by atoms with E-state index in [0.717, 1.165) is 18.9 Å². The fourth-order valence-electron chi connectivity index (χ4n) is 3.20. The molecule has 1 aliphatic rings. The lowest BCUT2D eigenvalue weighted by molar-refractivity contribution is 0.0636. The summed E-state index contributed by atoms with van der Waals surface area (Å²) in [6.45, 7) is 12.9. The molecule has 1 saturated heterocycles. The van der Waals surface area contributed by atoms with Crippen LogP contribution in [0.3, 0.4) is 0 Å². The van der Waals surface area contributed by atoms with Crippen molar-refractivity contribution in [1.29, 1.82) is 0 Å². The van der Waals surface area contributed by atoms with Crippen molar-refractivity contribution in [2.45, 2.75) is 58.5 Å². The molecule has 1 aromatic carbocycles. The molecule has 1 unspecified atom stereocenters. The Morgan fingerprint density at radius 1 is 1.24 bits per heavy atom. The Kier molecular flexibility index (Phi) is 5.83. The number of benzene rings is 1. The number of hydrogen-bond acceptors (Lipinski definition) is 2. The summed E-state index contributed by atoms with van der Waals surface area (Å²) in [7, 11) is 0. The molecule has 1 heterocycles. The van der Waals surface area contributed by atoms with Crippen molar-refractivity contribution in [2.24, 2.45) is 5.92 Å². The smallest absolute Gasteiger partial charge is 0.0278 e. The van der Waals surface area contributed by atoms with Crippen LogP contribution in [0.25, 0.3) is 0 Å². The molecule has 1 atom stereocenters. The molecule has 1 aliphatic heterocycles. The number of nitrogens with one attached hydrogen (secondary N) is 1. The van der Waals surface area contributed by atoms with Crippen molar-refractivity contribution in [3.8, 4) is 0 Å². The molecule has 0 aromatic heterocycles. The molecule has 0 bridgehead atoms. The topological polar surface area (TPSA) is 15.3 Å². The molecular weight excluding hydrogens is 256 g/mol. The van der Waals surface area contributed by atoms with Crippen LogP contribution in [-0.4, -0.2) is 36.1 Å². The third-order valence-electron chi connectivity index (χ3n) is 4.65. The molecule has 0 radical (unpaired) electrons. The molecule has 1 fully saturated rings. The predicted molar refractivity (Wildman–Crippen MR) is 91.7 cm³/mol. The quantitative estimate of drug-likeness (QED) is 0.858. The van der Waals surface area contributed by atoms with E-state index in [1.165, 1.54) is 31.5 Å². The fraction of sp³-hybridized carbons (Fsp3) is 0.684. The molecule has 0 aliphatic carbocycles. The van der Waals surface area contributed by atoms with Gasteiger partial charge in [-0.1, -0.05) is 44.2 Å². The first-order valence-electron chi connectivity index (χ1n) is 8.50. The maximum atomic E-state index is 3.75. The van der Waals surface area contributed by atoms with Crippen molar-refractivity contribution in [2.75, 3.05) is 19.6 Å². The van der Waals surface area contributed by atoms with Crippen LogP contribution in [0.2, 0.25) is 0 Å². The van der Waals surface area contributed by atoms with Gasteiger partial charge in [-0.05, 0) is 51.1 Å². The minimum atomic E-state index is 0.282. The monoisotopic (exact) mass is 288 g/mol. The summed E-state index contributed by atoms with van der Waals surface area (Å²) in [6, 6.07) is 11.4. The maximum Gasteiger partial charge on any atom is 0.0278 e. The van der Waals surface area contributed by atoms with E-state index >= 15 is 0 Å². The summed E-state index contributed by atoms with van der Waals surface area (Å²) in [5, 5.41) is 3.75. The van der Waals surface area contributed by atoms with Gasteiger partial charge >= 0.3 is 0 Å². The van der Waals surface area contributed by atoms with E-state index in [1.807, 2.05) is 0 Å². The average molecular weight is 288 g/mol. The third kappa shape index (κ3) is 5.12. The third-order valence-corrected chi connectivity index (χ3v) is 4.65. The maximum absolute atomic E-state index is 3.75. The largest absolute Gasteiger partial charge is 0.311 e. The summed E-state index contributed by atoms with van der Waals surface area (Å²) < 4.78 is 0. The second-order valence-corrected chi connectivity index (χ2v) is 7.56. The zero-order chi connectivity index (χ0) is 15.3. The van der Waals surface area contributed by atoms with Crippen LogP contribution in [0.15, 0.2) is 30.3 Å². The Bertz CT molecular complexity index is 411. The van der Waals surface area contributed by atoms with Crippen LogP contribution in [-0.2, 0) is 6.42 Å². The number of rotatable bonds is 6. The highest BCUT2D eigenvalue weighted by Gasteiger charge is 2.33. The zero-order valence-corrected chi connectivity index (χ0v) is 14.2. The van der Waals surface area contributed by atoms with Crippen LogP contribution >= 0.6 is 0 Å². The second-order valence-electron chi connectivity index (χ2n) is 7.56. The van der Waals surface area contributed by atoms with Gasteiger partial charge < -0.3 is 5.32 Å². The van der Waals surface area contributed by atoms with Crippen molar-refractivity contribution in [3.63, 3.8) is 0 Å². The van der Waals surface area contributed by atoms with Gasteiger partial charge in [0, 0.05) is 24.7 Å². The van der Waals surface area contributed by atoms with Crippen LogP contribution in [0, 0.1) is 5.92 Å². The van der Waals surface area contributed by atoms with Crippen LogP contribution in [0.5, 0.6) is 0 Å². The van der Waals surface area contributed by atoms with Gasteiger partial charge in [0.25, 0.3) is 0 Å². The molecule has 1 aromatic rings. The highest BCUT2D eigenvalue weighted by Crippen LogP contribution is 2.21. The standard InChI is InChI=1S/C19H32N2/c1-16(2)9-8-12-21-14-18(20-15-19(21,3)4)13-17-10-6-5-7-11-17/h5-7,10-11,16,18,20H,8-9,12-15H2,1-4H3. The van der Waals surface area contributed by atoms with Gasteiger partial charge in [-0.25, -0.2) is 0 Å². The first-order chi connectivity index (χ1) is 9.97. The van der Waals surface area contributed by atoms with Crippen LogP contribution in [0.1, 0.15) is 46.1 Å². The Hall–Kier alpha value is -0.860. The SMILES string of the molecule is CC(C)CCCN1CC(Cc2ccccc2)NCC1(C)C. The van der Waals surface area contributed by atoms with Gasteiger partial charge in [0.2, 0.25) is 0 Å². The molecule has 2 heteroatoms. The fourth-order valence-corrected chi connectivity index (χ4v) is 3.20. The second kappa shape index (κ2) is 7.42. The number of hydrogen-bond donors (Lipinski definition) is 1. The Labute approximate surface area is 130 Å². The van der Waals surface area contributed by atoms with Gasteiger partial charge in [0.05, 0.1) is 0 Å². The van der Waals surface area contributed by atoms with E-state index in [-0.39, 0.29) is 5.54 Å². The van der Waals surface area contributed by atoms with E-state index < -0.39 is 0 Å². The zero-order valence-electron chi connectivity index (χ0n) is 14.2. The van der Waals surface area contributed by atoms with E-state index in [2.05, 4.69) is 68.2 Å². The van der Waals surface area contributed by atoms with Gasteiger partial charge in [-0.2, -0.15) is 0 Å². The first kappa shape index (κ1) is 16.5. The summed E-state index contributed by atoms with van der Waals surface area (Å²) in [5.41, 5.74) is 1.72. The number of piperazine rings is 1. The van der Waals surface area contributed by atoms with E-state index in [0.29, 0.717) is 6.04 Å². The van der Waals surface area contributed by atoms with E-state index in [9.17, 15) is 0 Å². The van der Waals surface area contributed by atoms with E-state index in [1.54, 1.807) is 0 Å². The van der Waals surface area contributed by atoms with Crippen LogP contribution < -0.4 is 5.32 Å². The molecular formula is C19H32N2. The minimum absolute atomic E-state index is 0.282. The van der Waals surface area contributed by atoms with Crippen molar-refractivity contribution in [3.05, 3.63) is 35.9 Å². The highest BCUT2D eigenvalue weighted by atomic mass is 15.3. The molecule has 118 valence electrons. The Morgan fingerprint density at radius 3 is 2.62 bits per heavy atom. The van der Waals surface area contributed by atoms with Gasteiger partial charge in [-0.3, -0.25) is 4.90 Å². The summed E-state index contributed by atoms with van der Waals surface area (Å²) >= 11 is 0. The number of nitrogens with zero attached hydrogens (tertiary/aromatic N) is 1. The summed E-state index contributed by atoms with van der Waals surface area (Å²) in [5.74, 6) is 0.816. The Balaban J connectivity index is 1.89.